The average molecular weight is 352 g/mol. The summed E-state index contributed by atoms with van der Waals surface area (Å²) in [4.78, 5) is 11.6. The van der Waals surface area contributed by atoms with E-state index >= 15 is 0 Å². The van der Waals surface area contributed by atoms with Crippen LogP contribution in [0.3, 0.4) is 0 Å². The monoisotopic (exact) mass is 351 g/mol. The first-order valence-electron chi connectivity index (χ1n) is 7.90. The van der Waals surface area contributed by atoms with Gasteiger partial charge in [0, 0.05) is 28.8 Å². The van der Waals surface area contributed by atoms with Crippen molar-refractivity contribution in [3.05, 3.63) is 71.8 Å². The molecule has 0 spiro atoms. The number of nitrogens with one attached hydrogen (secondary N) is 1. The van der Waals surface area contributed by atoms with Gasteiger partial charge in [-0.1, -0.05) is 54.1 Å². The average Bonchev–Trinajstić information content (AvgIpc) is 2.61. The van der Waals surface area contributed by atoms with Crippen LogP contribution in [0.1, 0.15) is 6.92 Å². The van der Waals surface area contributed by atoms with Crippen LogP contribution in [-0.4, -0.2) is 13.0 Å². The molecule has 0 radical (unpaired) electrons. The van der Waals surface area contributed by atoms with E-state index in [1.165, 1.54) is 6.92 Å². The third-order valence-corrected chi connectivity index (χ3v) is 4.14. The van der Waals surface area contributed by atoms with Crippen LogP contribution in [0.4, 0.5) is 5.69 Å². The molecule has 1 N–H and O–H groups in total. The lowest BCUT2D eigenvalue weighted by atomic mass is 9.93. The quantitative estimate of drug-likeness (QED) is 0.660. The van der Waals surface area contributed by atoms with Crippen LogP contribution in [0.5, 0.6) is 5.75 Å². The predicted octanol–water partition coefficient (Wildman–Crippen LogP) is 5.64. The fourth-order valence-corrected chi connectivity index (χ4v) is 3.03. The largest absolute Gasteiger partial charge is 0.496 e. The lowest BCUT2D eigenvalue weighted by Crippen LogP contribution is -2.07. The number of halogens is 1. The maximum atomic E-state index is 11.6. The first kappa shape index (κ1) is 17.1. The molecule has 0 unspecified atom stereocenters. The number of para-hydroxylation sites is 2. The molecule has 0 aliphatic rings. The first-order chi connectivity index (χ1) is 12.1. The molecule has 0 bridgehead atoms. The highest BCUT2D eigenvalue weighted by Crippen LogP contribution is 2.40. The summed E-state index contributed by atoms with van der Waals surface area (Å²) in [5.74, 6) is 0.663. The minimum absolute atomic E-state index is 0.117. The Bertz CT molecular complexity index is 921. The van der Waals surface area contributed by atoms with Gasteiger partial charge in [-0.25, -0.2) is 0 Å². The molecule has 126 valence electrons. The molecule has 0 heterocycles. The van der Waals surface area contributed by atoms with Crippen LogP contribution >= 0.6 is 11.6 Å². The number of hydrogen-bond donors (Lipinski definition) is 1. The zero-order chi connectivity index (χ0) is 17.8. The molecular weight excluding hydrogens is 334 g/mol. The lowest BCUT2D eigenvalue weighted by Gasteiger charge is -2.16. The second kappa shape index (κ2) is 7.41. The maximum Gasteiger partial charge on any atom is 0.221 e. The smallest absolute Gasteiger partial charge is 0.221 e. The molecule has 25 heavy (non-hydrogen) atoms. The molecule has 0 saturated heterocycles. The van der Waals surface area contributed by atoms with Crippen LogP contribution in [0.25, 0.3) is 22.3 Å². The van der Waals surface area contributed by atoms with Gasteiger partial charge in [-0.15, -0.1) is 0 Å². The van der Waals surface area contributed by atoms with Gasteiger partial charge in [-0.3, -0.25) is 4.79 Å². The van der Waals surface area contributed by atoms with Crippen molar-refractivity contribution in [2.24, 2.45) is 0 Å². The Morgan fingerprint density at radius 2 is 1.56 bits per heavy atom. The van der Waals surface area contributed by atoms with Crippen molar-refractivity contribution in [1.82, 2.24) is 0 Å². The van der Waals surface area contributed by atoms with E-state index in [4.69, 9.17) is 16.3 Å². The van der Waals surface area contributed by atoms with Gasteiger partial charge in [0.25, 0.3) is 0 Å². The van der Waals surface area contributed by atoms with Gasteiger partial charge in [0.1, 0.15) is 5.75 Å². The summed E-state index contributed by atoms with van der Waals surface area (Å²) >= 11 is 6.27. The summed E-state index contributed by atoms with van der Waals surface area (Å²) < 4.78 is 5.51. The Morgan fingerprint density at radius 3 is 2.28 bits per heavy atom. The number of benzene rings is 3. The molecule has 0 aliphatic carbocycles. The van der Waals surface area contributed by atoms with Crippen molar-refractivity contribution in [2.75, 3.05) is 12.4 Å². The lowest BCUT2D eigenvalue weighted by molar-refractivity contribution is -0.114. The summed E-state index contributed by atoms with van der Waals surface area (Å²) in [7, 11) is 1.65. The van der Waals surface area contributed by atoms with E-state index < -0.39 is 0 Å². The minimum atomic E-state index is -0.117. The number of carbonyl (C=O) groups is 1. The van der Waals surface area contributed by atoms with Crippen molar-refractivity contribution in [3.8, 4) is 28.0 Å². The highest BCUT2D eigenvalue weighted by atomic mass is 35.5. The van der Waals surface area contributed by atoms with E-state index in [9.17, 15) is 4.79 Å². The van der Waals surface area contributed by atoms with E-state index in [0.717, 1.165) is 33.7 Å². The van der Waals surface area contributed by atoms with Crippen LogP contribution in [-0.2, 0) is 4.79 Å². The van der Waals surface area contributed by atoms with E-state index in [-0.39, 0.29) is 5.91 Å². The maximum absolute atomic E-state index is 11.6. The number of hydrogen-bond acceptors (Lipinski definition) is 2. The number of methoxy groups -OCH3 is 1. The summed E-state index contributed by atoms with van der Waals surface area (Å²) in [5.41, 5.74) is 4.53. The zero-order valence-electron chi connectivity index (χ0n) is 14.0. The van der Waals surface area contributed by atoms with Crippen LogP contribution in [0, 0.1) is 0 Å². The van der Waals surface area contributed by atoms with Gasteiger partial charge in [0.05, 0.1) is 7.11 Å². The van der Waals surface area contributed by atoms with Gasteiger partial charge in [-0.05, 0) is 35.4 Å². The molecule has 0 aliphatic heterocycles. The molecular formula is C21H18ClNO2. The molecule has 3 rings (SSSR count). The van der Waals surface area contributed by atoms with Crippen LogP contribution in [0.15, 0.2) is 66.7 Å². The minimum Gasteiger partial charge on any atom is -0.496 e. The summed E-state index contributed by atoms with van der Waals surface area (Å²) in [6, 6.07) is 21.2. The normalized spacial score (nSPS) is 10.4. The Hall–Kier alpha value is -2.78. The number of carbonyl (C=O) groups excluding carboxylic acids is 1. The fraction of sp³-hybridized carbons (Fsp3) is 0.0952. The summed E-state index contributed by atoms with van der Waals surface area (Å²) in [6.07, 6.45) is 0. The SMILES string of the molecule is COc1ccccc1-c1ccc(Cl)cc1-c1ccccc1NC(C)=O. The topological polar surface area (TPSA) is 38.3 Å². The zero-order valence-corrected chi connectivity index (χ0v) is 14.8. The van der Waals surface area contributed by atoms with E-state index in [2.05, 4.69) is 5.32 Å². The van der Waals surface area contributed by atoms with Gasteiger partial charge in [0.2, 0.25) is 5.91 Å². The van der Waals surface area contributed by atoms with E-state index in [1.807, 2.05) is 66.7 Å². The number of ether oxygens (including phenoxy) is 1. The first-order valence-corrected chi connectivity index (χ1v) is 8.28. The Labute approximate surface area is 152 Å². The Balaban J connectivity index is 2.25. The van der Waals surface area contributed by atoms with Crippen molar-refractivity contribution < 1.29 is 9.53 Å². The summed E-state index contributed by atoms with van der Waals surface area (Å²) in [6.45, 7) is 1.50. The third-order valence-electron chi connectivity index (χ3n) is 3.91. The molecule has 0 fully saturated rings. The van der Waals surface area contributed by atoms with Crippen molar-refractivity contribution >= 4 is 23.2 Å². The molecule has 1 amide bonds. The van der Waals surface area contributed by atoms with E-state index in [0.29, 0.717) is 5.02 Å². The molecule has 0 atom stereocenters. The molecule has 0 aromatic heterocycles. The van der Waals surface area contributed by atoms with Crippen molar-refractivity contribution in [3.63, 3.8) is 0 Å². The highest BCUT2D eigenvalue weighted by molar-refractivity contribution is 6.31. The Morgan fingerprint density at radius 1 is 0.880 bits per heavy atom. The number of anilines is 1. The second-order valence-corrected chi connectivity index (χ2v) is 6.05. The molecule has 3 aromatic rings. The molecule has 0 saturated carbocycles. The van der Waals surface area contributed by atoms with Crippen molar-refractivity contribution in [1.29, 1.82) is 0 Å². The third kappa shape index (κ3) is 3.67. The highest BCUT2D eigenvalue weighted by Gasteiger charge is 2.15. The molecule has 3 aromatic carbocycles. The van der Waals surface area contributed by atoms with Gasteiger partial charge >= 0.3 is 0 Å². The molecule has 4 heteroatoms. The van der Waals surface area contributed by atoms with Gasteiger partial charge in [-0.2, -0.15) is 0 Å². The second-order valence-electron chi connectivity index (χ2n) is 5.62. The summed E-state index contributed by atoms with van der Waals surface area (Å²) in [5, 5.41) is 3.52. The Kier molecular flexibility index (Phi) is 5.05. The standard InChI is InChI=1S/C21H18ClNO2/c1-14(24)23-20-9-5-3-7-17(20)19-13-15(22)11-12-16(19)18-8-4-6-10-21(18)25-2/h3-13H,1-2H3,(H,23,24). The van der Waals surface area contributed by atoms with Crippen molar-refractivity contribution in [2.45, 2.75) is 6.92 Å². The number of amides is 1. The fourth-order valence-electron chi connectivity index (χ4n) is 2.86. The van der Waals surface area contributed by atoms with Gasteiger partial charge < -0.3 is 10.1 Å². The molecule has 3 nitrogen and oxygen atoms in total. The van der Waals surface area contributed by atoms with Crippen LogP contribution in [0.2, 0.25) is 5.02 Å². The number of rotatable bonds is 4. The van der Waals surface area contributed by atoms with Crippen LogP contribution < -0.4 is 10.1 Å². The van der Waals surface area contributed by atoms with E-state index in [1.54, 1.807) is 7.11 Å². The predicted molar refractivity (Wildman–Crippen MR) is 103 cm³/mol. The van der Waals surface area contributed by atoms with Gasteiger partial charge in [0.15, 0.2) is 0 Å².